The molecule has 3 N–H and O–H groups in total. The van der Waals surface area contributed by atoms with Crippen molar-refractivity contribution in [2.24, 2.45) is 5.73 Å². The highest BCUT2D eigenvalue weighted by Gasteiger charge is 2.07. The van der Waals surface area contributed by atoms with E-state index in [4.69, 9.17) is 10.8 Å². The van der Waals surface area contributed by atoms with Crippen molar-refractivity contribution in [1.82, 2.24) is 0 Å². The molecule has 1 rings (SSSR count). The van der Waals surface area contributed by atoms with Crippen molar-refractivity contribution < 1.29 is 10.0 Å². The number of hydrogen-bond donors (Lipinski definition) is 2. The largest absolute Gasteiger partial charge is 0.375 e. The SMILES string of the molecule is N[C@@H](O)c1cccc([N+](=O)[O-])c1. The molecule has 0 bridgehead atoms. The van der Waals surface area contributed by atoms with E-state index < -0.39 is 11.2 Å². The summed E-state index contributed by atoms with van der Waals surface area (Å²) in [4.78, 5) is 9.72. The minimum atomic E-state index is -1.16. The lowest BCUT2D eigenvalue weighted by molar-refractivity contribution is -0.385. The van der Waals surface area contributed by atoms with Gasteiger partial charge in [-0.05, 0) is 0 Å². The van der Waals surface area contributed by atoms with Gasteiger partial charge in [0.05, 0.1) is 4.92 Å². The van der Waals surface area contributed by atoms with E-state index in [-0.39, 0.29) is 5.69 Å². The van der Waals surface area contributed by atoms with Gasteiger partial charge in [-0.1, -0.05) is 12.1 Å². The zero-order valence-electron chi connectivity index (χ0n) is 6.18. The van der Waals surface area contributed by atoms with Crippen LogP contribution in [0.15, 0.2) is 24.3 Å². The highest BCUT2D eigenvalue weighted by Crippen LogP contribution is 2.15. The lowest BCUT2D eigenvalue weighted by Crippen LogP contribution is -2.08. The summed E-state index contributed by atoms with van der Waals surface area (Å²) < 4.78 is 0. The molecule has 0 aliphatic heterocycles. The van der Waals surface area contributed by atoms with Crippen molar-refractivity contribution in [3.63, 3.8) is 0 Å². The minimum absolute atomic E-state index is 0.0722. The number of aliphatic hydroxyl groups is 1. The number of non-ortho nitro benzene ring substituents is 1. The molecule has 0 heterocycles. The minimum Gasteiger partial charge on any atom is -0.375 e. The molecule has 1 aromatic carbocycles. The molecule has 0 amide bonds. The molecule has 0 saturated heterocycles. The highest BCUT2D eigenvalue weighted by molar-refractivity contribution is 5.34. The first-order valence-electron chi connectivity index (χ1n) is 3.29. The second-order valence-electron chi connectivity index (χ2n) is 2.30. The van der Waals surface area contributed by atoms with Gasteiger partial charge in [-0.25, -0.2) is 0 Å². The number of aliphatic hydroxyl groups excluding tert-OH is 1. The van der Waals surface area contributed by atoms with E-state index in [9.17, 15) is 10.1 Å². The third kappa shape index (κ3) is 1.77. The first-order chi connectivity index (χ1) is 5.61. The Hall–Kier alpha value is -1.46. The Morgan fingerprint density at radius 1 is 1.58 bits per heavy atom. The van der Waals surface area contributed by atoms with E-state index in [2.05, 4.69) is 0 Å². The Morgan fingerprint density at radius 3 is 2.75 bits per heavy atom. The maximum Gasteiger partial charge on any atom is 0.269 e. The van der Waals surface area contributed by atoms with E-state index in [0.29, 0.717) is 5.56 Å². The van der Waals surface area contributed by atoms with Gasteiger partial charge >= 0.3 is 0 Å². The zero-order chi connectivity index (χ0) is 9.14. The fraction of sp³-hybridized carbons (Fsp3) is 0.143. The van der Waals surface area contributed by atoms with E-state index in [1.165, 1.54) is 24.3 Å². The van der Waals surface area contributed by atoms with Crippen molar-refractivity contribution in [1.29, 1.82) is 0 Å². The van der Waals surface area contributed by atoms with E-state index in [0.717, 1.165) is 0 Å². The molecule has 0 aromatic heterocycles. The molecule has 5 heteroatoms. The van der Waals surface area contributed by atoms with Gasteiger partial charge in [-0.15, -0.1) is 0 Å². The molecule has 0 radical (unpaired) electrons. The number of benzene rings is 1. The first kappa shape index (κ1) is 8.63. The summed E-state index contributed by atoms with van der Waals surface area (Å²) in [6.45, 7) is 0. The van der Waals surface area contributed by atoms with Crippen LogP contribution in [0.5, 0.6) is 0 Å². The predicted octanol–water partition coefficient (Wildman–Crippen LogP) is 0.544. The second kappa shape index (κ2) is 3.29. The van der Waals surface area contributed by atoms with Gasteiger partial charge in [0.2, 0.25) is 0 Å². The number of nitro groups is 1. The van der Waals surface area contributed by atoms with Gasteiger partial charge in [-0.3, -0.25) is 10.1 Å². The molecule has 0 unspecified atom stereocenters. The van der Waals surface area contributed by atoms with Gasteiger partial charge in [0, 0.05) is 17.7 Å². The Bertz CT molecular complexity index is 298. The van der Waals surface area contributed by atoms with Crippen LogP contribution in [0.4, 0.5) is 5.69 Å². The number of hydrogen-bond acceptors (Lipinski definition) is 4. The number of nitro benzene ring substituents is 1. The smallest absolute Gasteiger partial charge is 0.269 e. The van der Waals surface area contributed by atoms with Crippen molar-refractivity contribution in [2.75, 3.05) is 0 Å². The highest BCUT2D eigenvalue weighted by atomic mass is 16.6. The van der Waals surface area contributed by atoms with Crippen LogP contribution in [0.1, 0.15) is 11.8 Å². The molecule has 0 spiro atoms. The Balaban J connectivity index is 3.04. The van der Waals surface area contributed by atoms with Crippen LogP contribution in [-0.2, 0) is 0 Å². The van der Waals surface area contributed by atoms with Crippen LogP contribution >= 0.6 is 0 Å². The Kier molecular flexibility index (Phi) is 2.37. The summed E-state index contributed by atoms with van der Waals surface area (Å²) in [6.07, 6.45) is -1.16. The molecule has 0 aliphatic rings. The van der Waals surface area contributed by atoms with Gasteiger partial charge in [0.1, 0.15) is 6.23 Å². The number of nitrogens with zero attached hydrogens (tertiary/aromatic N) is 1. The van der Waals surface area contributed by atoms with Gasteiger partial charge in [0.15, 0.2) is 0 Å². The van der Waals surface area contributed by atoms with Gasteiger partial charge in [0.25, 0.3) is 5.69 Å². The van der Waals surface area contributed by atoms with E-state index >= 15 is 0 Å². The van der Waals surface area contributed by atoms with Crippen molar-refractivity contribution in [3.8, 4) is 0 Å². The Morgan fingerprint density at radius 2 is 2.25 bits per heavy atom. The standard InChI is InChI=1S/C7H8N2O3/c8-7(10)5-2-1-3-6(4-5)9(11)12/h1-4,7,10H,8H2/t7-/m0/s1. The average Bonchev–Trinajstić information content (AvgIpc) is 2.04. The predicted molar refractivity (Wildman–Crippen MR) is 42.2 cm³/mol. The summed E-state index contributed by atoms with van der Waals surface area (Å²) in [5.41, 5.74) is 5.38. The quantitative estimate of drug-likeness (QED) is 0.383. The van der Waals surface area contributed by atoms with Crippen LogP contribution in [0.3, 0.4) is 0 Å². The Labute approximate surface area is 68.6 Å². The number of nitrogens with two attached hydrogens (primary N) is 1. The van der Waals surface area contributed by atoms with Crippen molar-refractivity contribution >= 4 is 5.69 Å². The maximum atomic E-state index is 10.3. The number of rotatable bonds is 2. The lowest BCUT2D eigenvalue weighted by atomic mass is 10.2. The molecule has 64 valence electrons. The van der Waals surface area contributed by atoms with Crippen LogP contribution in [0.2, 0.25) is 0 Å². The second-order valence-corrected chi connectivity index (χ2v) is 2.30. The lowest BCUT2D eigenvalue weighted by Gasteiger charge is -2.02. The van der Waals surface area contributed by atoms with Crippen LogP contribution in [0.25, 0.3) is 0 Å². The third-order valence-corrected chi connectivity index (χ3v) is 1.42. The molecule has 5 nitrogen and oxygen atoms in total. The fourth-order valence-electron chi connectivity index (χ4n) is 0.822. The van der Waals surface area contributed by atoms with Gasteiger partial charge in [-0.2, -0.15) is 0 Å². The van der Waals surface area contributed by atoms with E-state index in [1.54, 1.807) is 0 Å². The van der Waals surface area contributed by atoms with E-state index in [1.807, 2.05) is 0 Å². The summed E-state index contributed by atoms with van der Waals surface area (Å²) in [5.74, 6) is 0. The first-order valence-corrected chi connectivity index (χ1v) is 3.29. The molecular weight excluding hydrogens is 160 g/mol. The van der Waals surface area contributed by atoms with Crippen LogP contribution in [0, 0.1) is 10.1 Å². The molecule has 1 aromatic rings. The van der Waals surface area contributed by atoms with Gasteiger partial charge < -0.3 is 10.8 Å². The summed E-state index contributed by atoms with van der Waals surface area (Å²) in [6, 6.07) is 5.58. The third-order valence-electron chi connectivity index (χ3n) is 1.42. The summed E-state index contributed by atoms with van der Waals surface area (Å²) in [7, 11) is 0. The molecule has 0 fully saturated rings. The zero-order valence-corrected chi connectivity index (χ0v) is 6.18. The monoisotopic (exact) mass is 168 g/mol. The fourth-order valence-corrected chi connectivity index (χ4v) is 0.822. The summed E-state index contributed by atoms with van der Waals surface area (Å²) in [5, 5.41) is 19.1. The molecule has 1 atom stereocenters. The maximum absolute atomic E-state index is 10.3. The normalized spacial score (nSPS) is 12.5. The molecule has 0 saturated carbocycles. The topological polar surface area (TPSA) is 89.4 Å². The van der Waals surface area contributed by atoms with Crippen molar-refractivity contribution in [3.05, 3.63) is 39.9 Å². The van der Waals surface area contributed by atoms with Crippen molar-refractivity contribution in [2.45, 2.75) is 6.23 Å². The summed E-state index contributed by atoms with van der Waals surface area (Å²) >= 11 is 0. The molecule has 12 heavy (non-hydrogen) atoms. The van der Waals surface area contributed by atoms with Crippen LogP contribution < -0.4 is 5.73 Å². The van der Waals surface area contributed by atoms with Crippen LogP contribution in [-0.4, -0.2) is 10.0 Å². The molecular formula is C7H8N2O3. The molecule has 0 aliphatic carbocycles. The average molecular weight is 168 g/mol.